The number of amides is 1. The molecule has 2 bridgehead atoms. The minimum Gasteiger partial charge on any atom is -0.488 e. The predicted octanol–water partition coefficient (Wildman–Crippen LogP) is 3.59. The van der Waals surface area contributed by atoms with Crippen LogP contribution in [0.2, 0.25) is 0 Å². The first-order valence-electron chi connectivity index (χ1n) is 10.3. The van der Waals surface area contributed by atoms with E-state index in [1.54, 1.807) is 0 Å². The van der Waals surface area contributed by atoms with Crippen molar-refractivity contribution in [2.75, 3.05) is 26.3 Å². The Kier molecular flexibility index (Phi) is 5.61. The lowest BCUT2D eigenvalue weighted by Crippen LogP contribution is -2.65. The topological polar surface area (TPSA) is 42.0 Å². The molecule has 0 aliphatic carbocycles. The molecule has 0 saturated carbocycles. The van der Waals surface area contributed by atoms with Crippen LogP contribution in [0.25, 0.3) is 0 Å². The minimum atomic E-state index is -0.255. The van der Waals surface area contributed by atoms with Crippen molar-refractivity contribution in [1.29, 1.82) is 0 Å². The Hall–Kier alpha value is -2.37. The van der Waals surface area contributed by atoms with Gasteiger partial charge in [0.05, 0.1) is 25.3 Å². The zero-order chi connectivity index (χ0) is 20.4. The number of morpholine rings is 1. The average molecular weight is 395 g/mol. The number of fused-ring (bicyclic) bond motifs is 2. The fraction of sp³-hybridized carbons (Fsp3) is 0.458. The molecular weight excluding hydrogens is 364 g/mol. The summed E-state index contributed by atoms with van der Waals surface area (Å²) in [5.41, 5.74) is 1.76. The molecular formula is C24H30N2O3. The third-order valence-electron chi connectivity index (χ3n) is 5.35. The highest BCUT2D eigenvalue weighted by atomic mass is 16.5. The molecule has 2 aromatic rings. The van der Waals surface area contributed by atoms with Crippen molar-refractivity contribution in [3.05, 3.63) is 65.7 Å². The Bertz CT molecular complexity index is 815. The van der Waals surface area contributed by atoms with Crippen LogP contribution in [0.15, 0.2) is 54.6 Å². The van der Waals surface area contributed by atoms with E-state index in [9.17, 15) is 4.79 Å². The van der Waals surface area contributed by atoms with E-state index >= 15 is 0 Å². The molecule has 0 radical (unpaired) electrons. The number of hydrogen-bond donors (Lipinski definition) is 0. The molecule has 2 atom stereocenters. The molecule has 29 heavy (non-hydrogen) atoms. The third kappa shape index (κ3) is 4.80. The fourth-order valence-electron chi connectivity index (χ4n) is 4.22. The van der Waals surface area contributed by atoms with Gasteiger partial charge in [0.1, 0.15) is 11.4 Å². The number of hydrogen-bond acceptors (Lipinski definition) is 4. The summed E-state index contributed by atoms with van der Waals surface area (Å²) in [6, 6.07) is 18.2. The molecule has 0 aromatic heterocycles. The number of benzene rings is 2. The predicted molar refractivity (Wildman–Crippen MR) is 113 cm³/mol. The van der Waals surface area contributed by atoms with Crippen LogP contribution in [0.3, 0.4) is 0 Å². The SMILES string of the molecule is CC(C)(C)Oc1ccc(C(=O)N2[C@@H]3COC[C@H]2CN(Cc2ccccc2)C3)cc1. The Morgan fingerprint density at radius 2 is 1.62 bits per heavy atom. The monoisotopic (exact) mass is 394 g/mol. The maximum atomic E-state index is 13.3. The van der Waals surface area contributed by atoms with Gasteiger partial charge in [-0.1, -0.05) is 30.3 Å². The van der Waals surface area contributed by atoms with E-state index in [1.165, 1.54) is 5.56 Å². The number of carbonyl (C=O) groups is 1. The van der Waals surface area contributed by atoms with Gasteiger partial charge in [0.25, 0.3) is 5.91 Å². The van der Waals surface area contributed by atoms with Crippen molar-refractivity contribution in [3.8, 4) is 5.75 Å². The van der Waals surface area contributed by atoms with Gasteiger partial charge >= 0.3 is 0 Å². The number of piperazine rings is 1. The average Bonchev–Trinajstić information content (AvgIpc) is 2.67. The summed E-state index contributed by atoms with van der Waals surface area (Å²) in [4.78, 5) is 17.8. The molecule has 154 valence electrons. The van der Waals surface area contributed by atoms with E-state index in [1.807, 2.05) is 56.0 Å². The Balaban J connectivity index is 1.45. The summed E-state index contributed by atoms with van der Waals surface area (Å²) >= 11 is 0. The molecule has 2 heterocycles. The van der Waals surface area contributed by atoms with Crippen molar-refractivity contribution in [2.45, 2.75) is 45.0 Å². The highest BCUT2D eigenvalue weighted by Crippen LogP contribution is 2.26. The second-order valence-electron chi connectivity index (χ2n) is 8.98. The van der Waals surface area contributed by atoms with Gasteiger partial charge in [0.2, 0.25) is 0 Å². The molecule has 0 spiro atoms. The van der Waals surface area contributed by atoms with E-state index in [-0.39, 0.29) is 23.6 Å². The summed E-state index contributed by atoms with van der Waals surface area (Å²) in [5.74, 6) is 0.871. The molecule has 0 unspecified atom stereocenters. The first-order chi connectivity index (χ1) is 13.9. The molecule has 0 N–H and O–H groups in total. The highest BCUT2D eigenvalue weighted by Gasteiger charge is 2.41. The van der Waals surface area contributed by atoms with Gasteiger partial charge < -0.3 is 14.4 Å². The van der Waals surface area contributed by atoms with Gasteiger partial charge in [-0.25, -0.2) is 0 Å². The lowest BCUT2D eigenvalue weighted by molar-refractivity contribution is -0.0814. The molecule has 2 aliphatic rings. The Labute approximate surface area is 173 Å². The molecule has 4 rings (SSSR count). The zero-order valence-electron chi connectivity index (χ0n) is 17.5. The van der Waals surface area contributed by atoms with Crippen molar-refractivity contribution in [2.24, 2.45) is 0 Å². The highest BCUT2D eigenvalue weighted by molar-refractivity contribution is 5.95. The fourth-order valence-corrected chi connectivity index (χ4v) is 4.22. The van der Waals surface area contributed by atoms with E-state index in [4.69, 9.17) is 9.47 Å². The van der Waals surface area contributed by atoms with Crippen LogP contribution in [-0.2, 0) is 11.3 Å². The van der Waals surface area contributed by atoms with Crippen LogP contribution in [0.1, 0.15) is 36.7 Å². The molecule has 5 heteroatoms. The summed E-state index contributed by atoms with van der Waals surface area (Å²) in [6.45, 7) is 9.82. The standard InChI is InChI=1S/C24H30N2O3/c1-24(2,3)29-22-11-9-19(10-12-22)23(27)26-20-14-25(15-21(26)17-28-16-20)13-18-7-5-4-6-8-18/h4-12,20-21H,13-17H2,1-3H3/t20-,21+. The van der Waals surface area contributed by atoms with Gasteiger partial charge in [0.15, 0.2) is 0 Å². The summed E-state index contributed by atoms with van der Waals surface area (Å²) in [7, 11) is 0. The maximum Gasteiger partial charge on any atom is 0.254 e. The Morgan fingerprint density at radius 1 is 1.00 bits per heavy atom. The van der Waals surface area contributed by atoms with E-state index < -0.39 is 0 Å². The quantitative estimate of drug-likeness (QED) is 0.795. The van der Waals surface area contributed by atoms with Gasteiger partial charge in [-0.2, -0.15) is 0 Å². The molecule has 2 saturated heterocycles. The van der Waals surface area contributed by atoms with Crippen LogP contribution in [0.4, 0.5) is 0 Å². The number of ether oxygens (including phenoxy) is 2. The summed E-state index contributed by atoms with van der Waals surface area (Å²) in [5, 5.41) is 0. The number of rotatable bonds is 4. The van der Waals surface area contributed by atoms with Crippen molar-refractivity contribution >= 4 is 5.91 Å². The summed E-state index contributed by atoms with van der Waals surface area (Å²) in [6.07, 6.45) is 0. The van der Waals surface area contributed by atoms with Crippen LogP contribution >= 0.6 is 0 Å². The normalized spacial score (nSPS) is 22.4. The Morgan fingerprint density at radius 3 is 2.21 bits per heavy atom. The third-order valence-corrected chi connectivity index (χ3v) is 5.35. The molecule has 2 aliphatic heterocycles. The van der Waals surface area contributed by atoms with Crippen LogP contribution in [0.5, 0.6) is 5.75 Å². The molecule has 2 aromatic carbocycles. The van der Waals surface area contributed by atoms with Crippen LogP contribution < -0.4 is 4.74 Å². The molecule has 2 fully saturated rings. The second-order valence-corrected chi connectivity index (χ2v) is 8.98. The van der Waals surface area contributed by atoms with Gasteiger partial charge in [-0.05, 0) is 50.6 Å². The van der Waals surface area contributed by atoms with Gasteiger partial charge in [-0.15, -0.1) is 0 Å². The van der Waals surface area contributed by atoms with E-state index in [0.717, 1.165) is 25.4 Å². The lowest BCUT2D eigenvalue weighted by atomic mass is 10.0. The van der Waals surface area contributed by atoms with Crippen molar-refractivity contribution in [1.82, 2.24) is 9.80 Å². The van der Waals surface area contributed by atoms with Crippen molar-refractivity contribution in [3.63, 3.8) is 0 Å². The minimum absolute atomic E-state index is 0.0872. The van der Waals surface area contributed by atoms with Crippen molar-refractivity contribution < 1.29 is 14.3 Å². The van der Waals surface area contributed by atoms with Gasteiger partial charge in [0, 0.05) is 25.2 Å². The smallest absolute Gasteiger partial charge is 0.254 e. The molecule has 5 nitrogen and oxygen atoms in total. The summed E-state index contributed by atoms with van der Waals surface area (Å²) < 4.78 is 11.7. The van der Waals surface area contributed by atoms with Crippen LogP contribution in [0, 0.1) is 0 Å². The van der Waals surface area contributed by atoms with E-state index in [0.29, 0.717) is 18.8 Å². The largest absolute Gasteiger partial charge is 0.488 e. The second kappa shape index (κ2) is 8.17. The molecule has 1 amide bonds. The van der Waals surface area contributed by atoms with E-state index in [2.05, 4.69) is 29.2 Å². The maximum absolute atomic E-state index is 13.3. The first kappa shape index (κ1) is 19.9. The lowest BCUT2D eigenvalue weighted by Gasteiger charge is -2.49. The number of carbonyl (C=O) groups excluding carboxylic acids is 1. The van der Waals surface area contributed by atoms with Gasteiger partial charge in [-0.3, -0.25) is 9.69 Å². The zero-order valence-corrected chi connectivity index (χ0v) is 17.5. The first-order valence-corrected chi connectivity index (χ1v) is 10.3. The number of nitrogens with zero attached hydrogens (tertiary/aromatic N) is 2. The van der Waals surface area contributed by atoms with Crippen LogP contribution in [-0.4, -0.2) is 59.7 Å².